The number of hydrogen-bond donors (Lipinski definition) is 1. The molecular weight excluding hydrogens is 464 g/mol. The van der Waals surface area contributed by atoms with E-state index in [0.717, 1.165) is 32.1 Å². The van der Waals surface area contributed by atoms with Crippen molar-refractivity contribution in [2.24, 2.45) is 11.3 Å². The van der Waals surface area contributed by atoms with Crippen molar-refractivity contribution in [1.29, 1.82) is 0 Å². The smallest absolute Gasteiger partial charge is 0.146 e. The van der Waals surface area contributed by atoms with Crippen LogP contribution in [0.3, 0.4) is 0 Å². The second-order valence-electron chi connectivity index (χ2n) is 10.0. The van der Waals surface area contributed by atoms with Gasteiger partial charge in [0.05, 0.1) is 12.7 Å². The molecule has 0 aromatic heterocycles. The average Bonchev–Trinajstić information content (AvgIpc) is 3.46. The van der Waals surface area contributed by atoms with Gasteiger partial charge in [-0.15, -0.1) is 0 Å². The summed E-state index contributed by atoms with van der Waals surface area (Å²) >= 11 is 0. The van der Waals surface area contributed by atoms with Crippen LogP contribution in [0, 0.1) is 11.3 Å². The molecule has 5 nitrogen and oxygen atoms in total. The monoisotopic (exact) mass is 506 g/mol. The van der Waals surface area contributed by atoms with E-state index in [9.17, 15) is 0 Å². The highest BCUT2D eigenvalue weighted by molar-refractivity contribution is 5.90. The molecule has 1 fully saturated rings. The van der Waals surface area contributed by atoms with Crippen molar-refractivity contribution in [1.82, 2.24) is 0 Å². The number of fused-ring (bicyclic) bond motifs is 1. The molecular formula is C32H42O5. The van der Waals surface area contributed by atoms with E-state index in [-0.39, 0.29) is 18.1 Å². The standard InChI is InChI=1S/C32H42O5/c1-25(26-11-5-3-6-12-26)32-17-15-30(37-24-34-2)29(32)23-28(31(32)27-13-7-4-8-14-27)16-22-36-21-10-20-35-19-9-18-33/h3-8,11-14,29-30,33H,1,9-10,15-24H2,2H3. The first kappa shape index (κ1) is 27.7. The second kappa shape index (κ2) is 14.0. The maximum atomic E-state index is 8.85. The van der Waals surface area contributed by atoms with Crippen molar-refractivity contribution in [3.63, 3.8) is 0 Å². The van der Waals surface area contributed by atoms with Crippen LogP contribution in [0.25, 0.3) is 11.1 Å². The van der Waals surface area contributed by atoms with Crippen LogP contribution in [-0.4, -0.2) is 58.1 Å². The van der Waals surface area contributed by atoms with Gasteiger partial charge in [-0.2, -0.15) is 0 Å². The molecule has 2 aromatic rings. The molecule has 2 aromatic carbocycles. The Labute approximate surface area is 222 Å². The zero-order valence-corrected chi connectivity index (χ0v) is 22.2. The average molecular weight is 507 g/mol. The first-order valence-electron chi connectivity index (χ1n) is 13.6. The molecule has 0 saturated heterocycles. The lowest BCUT2D eigenvalue weighted by molar-refractivity contribution is -0.0859. The molecule has 3 unspecified atom stereocenters. The number of methoxy groups -OCH3 is 1. The first-order chi connectivity index (χ1) is 18.2. The Morgan fingerprint density at radius 1 is 0.946 bits per heavy atom. The van der Waals surface area contributed by atoms with Gasteiger partial charge in [0.2, 0.25) is 0 Å². The van der Waals surface area contributed by atoms with Crippen molar-refractivity contribution in [3.05, 3.63) is 83.9 Å². The lowest BCUT2D eigenvalue weighted by Gasteiger charge is -2.37. The number of aliphatic hydroxyl groups excluding tert-OH is 1. The highest BCUT2D eigenvalue weighted by Crippen LogP contribution is 2.66. The van der Waals surface area contributed by atoms with E-state index in [1.165, 1.54) is 27.8 Å². The largest absolute Gasteiger partial charge is 0.396 e. The minimum atomic E-state index is -0.170. The Morgan fingerprint density at radius 2 is 1.62 bits per heavy atom. The Kier molecular flexibility index (Phi) is 10.5. The van der Waals surface area contributed by atoms with Gasteiger partial charge >= 0.3 is 0 Å². The summed E-state index contributed by atoms with van der Waals surface area (Å²) < 4.78 is 23.1. The predicted molar refractivity (Wildman–Crippen MR) is 148 cm³/mol. The lowest BCUT2D eigenvalue weighted by Crippen LogP contribution is -2.30. The summed E-state index contributed by atoms with van der Waals surface area (Å²) in [4.78, 5) is 0. The highest BCUT2D eigenvalue weighted by atomic mass is 16.7. The quantitative estimate of drug-likeness (QED) is 0.219. The Morgan fingerprint density at radius 3 is 2.32 bits per heavy atom. The van der Waals surface area contributed by atoms with E-state index in [4.69, 9.17) is 30.6 Å². The summed E-state index contributed by atoms with van der Waals surface area (Å²) in [6.45, 7) is 7.85. The SMILES string of the molecule is C=C(c1ccccc1)C12CCC(OCOC)C1CC(CCOCCCOCCCO)=C2c1ccccc1. The fourth-order valence-electron chi connectivity index (χ4n) is 6.27. The molecule has 0 heterocycles. The summed E-state index contributed by atoms with van der Waals surface area (Å²) in [7, 11) is 1.69. The Hall–Kier alpha value is -2.28. The molecule has 0 aliphatic heterocycles. The fraction of sp³-hybridized carbons (Fsp3) is 0.500. The fourth-order valence-corrected chi connectivity index (χ4v) is 6.27. The number of rotatable bonds is 16. The van der Waals surface area contributed by atoms with Gasteiger partial charge < -0.3 is 24.1 Å². The molecule has 4 rings (SSSR count). The lowest BCUT2D eigenvalue weighted by atomic mass is 9.66. The van der Waals surface area contributed by atoms with E-state index in [1.54, 1.807) is 7.11 Å². The van der Waals surface area contributed by atoms with Crippen molar-refractivity contribution in [2.45, 2.75) is 44.6 Å². The molecule has 5 heteroatoms. The van der Waals surface area contributed by atoms with E-state index in [1.807, 2.05) is 0 Å². The maximum absolute atomic E-state index is 8.85. The number of allylic oxidation sites excluding steroid dienone is 2. The molecule has 2 aliphatic rings. The van der Waals surface area contributed by atoms with Crippen LogP contribution in [0.2, 0.25) is 0 Å². The number of aliphatic hydroxyl groups is 1. The zero-order valence-electron chi connectivity index (χ0n) is 22.2. The van der Waals surface area contributed by atoms with Gasteiger partial charge in [0.1, 0.15) is 6.79 Å². The normalized spacial score (nSPS) is 23.0. The first-order valence-corrected chi connectivity index (χ1v) is 13.6. The van der Waals surface area contributed by atoms with Gasteiger partial charge in [-0.25, -0.2) is 0 Å². The predicted octanol–water partition coefficient (Wildman–Crippen LogP) is 6.14. The van der Waals surface area contributed by atoms with Crippen LogP contribution in [0.4, 0.5) is 0 Å². The van der Waals surface area contributed by atoms with Gasteiger partial charge in [-0.1, -0.05) is 72.8 Å². The third-order valence-corrected chi connectivity index (χ3v) is 7.87. The van der Waals surface area contributed by atoms with Gasteiger partial charge in [-0.05, 0) is 60.8 Å². The van der Waals surface area contributed by atoms with E-state index in [0.29, 0.717) is 45.6 Å². The van der Waals surface area contributed by atoms with Gasteiger partial charge in [0.15, 0.2) is 0 Å². The molecule has 0 radical (unpaired) electrons. The summed E-state index contributed by atoms with van der Waals surface area (Å²) in [5, 5.41) is 8.85. The summed E-state index contributed by atoms with van der Waals surface area (Å²) in [5.74, 6) is 0.320. The van der Waals surface area contributed by atoms with Crippen molar-refractivity contribution < 1.29 is 24.1 Å². The molecule has 0 spiro atoms. The summed E-state index contributed by atoms with van der Waals surface area (Å²) in [6.07, 6.45) is 5.57. The van der Waals surface area contributed by atoms with E-state index in [2.05, 4.69) is 60.7 Å². The van der Waals surface area contributed by atoms with Crippen molar-refractivity contribution in [3.8, 4) is 0 Å². The third kappa shape index (κ3) is 6.42. The van der Waals surface area contributed by atoms with Crippen molar-refractivity contribution in [2.75, 3.05) is 46.9 Å². The topological polar surface area (TPSA) is 57.2 Å². The number of benzene rings is 2. The zero-order chi connectivity index (χ0) is 25.9. The van der Waals surface area contributed by atoms with Crippen LogP contribution >= 0.6 is 0 Å². The highest BCUT2D eigenvalue weighted by Gasteiger charge is 2.57. The molecule has 0 amide bonds. The van der Waals surface area contributed by atoms with Gasteiger partial charge in [-0.3, -0.25) is 0 Å². The maximum Gasteiger partial charge on any atom is 0.146 e. The molecule has 1 N–H and O–H groups in total. The third-order valence-electron chi connectivity index (χ3n) is 7.87. The molecule has 0 bridgehead atoms. The van der Waals surface area contributed by atoms with Crippen molar-refractivity contribution >= 4 is 11.1 Å². The van der Waals surface area contributed by atoms with Crippen LogP contribution in [0.5, 0.6) is 0 Å². The molecule has 1 saturated carbocycles. The minimum Gasteiger partial charge on any atom is -0.396 e. The second-order valence-corrected chi connectivity index (χ2v) is 10.0. The van der Waals surface area contributed by atoms with Crippen LogP contribution in [0.1, 0.15) is 49.7 Å². The summed E-state index contributed by atoms with van der Waals surface area (Å²) in [6, 6.07) is 21.5. The Balaban J connectivity index is 1.57. The number of hydrogen-bond acceptors (Lipinski definition) is 5. The molecule has 37 heavy (non-hydrogen) atoms. The van der Waals surface area contributed by atoms with Crippen LogP contribution < -0.4 is 0 Å². The minimum absolute atomic E-state index is 0.133. The number of ether oxygens (including phenoxy) is 4. The Bertz CT molecular complexity index is 1000. The van der Waals surface area contributed by atoms with Gasteiger partial charge in [0, 0.05) is 44.9 Å². The molecule has 3 atom stereocenters. The molecule has 2 aliphatic carbocycles. The van der Waals surface area contributed by atoms with Gasteiger partial charge in [0.25, 0.3) is 0 Å². The summed E-state index contributed by atoms with van der Waals surface area (Å²) in [5.41, 5.74) is 6.38. The van der Waals surface area contributed by atoms with Crippen LogP contribution in [-0.2, 0) is 18.9 Å². The molecule has 200 valence electrons. The van der Waals surface area contributed by atoms with E-state index < -0.39 is 0 Å². The van der Waals surface area contributed by atoms with E-state index >= 15 is 0 Å². The van der Waals surface area contributed by atoms with Crippen LogP contribution in [0.15, 0.2) is 72.8 Å².